The molecule has 0 bridgehead atoms. The number of rotatable bonds is 42. The molecule has 0 aliphatic heterocycles. The Labute approximate surface area is 356 Å². The first-order valence-corrected chi connectivity index (χ1v) is 24.8. The smallest absolute Gasteiger partial charge is 0.306 e. The fourth-order valence-corrected chi connectivity index (χ4v) is 6.96. The van der Waals surface area contributed by atoms with E-state index >= 15 is 0 Å². The van der Waals surface area contributed by atoms with E-state index in [2.05, 4.69) is 62.5 Å². The number of allylic oxidation sites excluding steroid dienone is 8. The van der Waals surface area contributed by atoms with Gasteiger partial charge in [-0.15, -0.1) is 0 Å². The van der Waals surface area contributed by atoms with Crippen LogP contribution in [0.25, 0.3) is 0 Å². The topological polar surface area (TPSA) is 111 Å². The number of unbranched alkanes of at least 4 members (excludes halogenated alkanes) is 20. The van der Waals surface area contributed by atoms with Crippen molar-refractivity contribution in [2.75, 3.05) is 47.5 Å². The summed E-state index contributed by atoms with van der Waals surface area (Å²) < 4.78 is 33.9. The minimum Gasteiger partial charge on any atom is -0.756 e. The fraction of sp³-hybridized carbons (Fsp3) is 0.792. The molecule has 58 heavy (non-hydrogen) atoms. The second-order valence-electron chi connectivity index (χ2n) is 16.7. The molecule has 1 unspecified atom stereocenters. The van der Waals surface area contributed by atoms with Crippen molar-refractivity contribution >= 4 is 19.8 Å². The van der Waals surface area contributed by atoms with Gasteiger partial charge >= 0.3 is 11.9 Å². The van der Waals surface area contributed by atoms with Gasteiger partial charge in [-0.1, -0.05) is 178 Å². The van der Waals surface area contributed by atoms with Crippen molar-refractivity contribution in [1.82, 2.24) is 0 Å². The third kappa shape index (κ3) is 43.5. The Balaban J connectivity index is 4.33. The maximum Gasteiger partial charge on any atom is 0.306 e. The predicted molar refractivity (Wildman–Crippen MR) is 240 cm³/mol. The molecular weight excluding hydrogens is 750 g/mol. The van der Waals surface area contributed by atoms with Crippen LogP contribution in [-0.4, -0.2) is 70.0 Å². The van der Waals surface area contributed by atoms with E-state index in [1.54, 1.807) is 0 Å². The molecule has 0 N–H and O–H groups in total. The maximum atomic E-state index is 12.7. The van der Waals surface area contributed by atoms with Crippen molar-refractivity contribution in [2.24, 2.45) is 0 Å². The molecule has 0 heterocycles. The zero-order valence-corrected chi connectivity index (χ0v) is 38.9. The molecule has 10 heteroatoms. The molecule has 0 radical (unpaired) electrons. The highest BCUT2D eigenvalue weighted by Gasteiger charge is 2.21. The zero-order valence-electron chi connectivity index (χ0n) is 38.0. The van der Waals surface area contributed by atoms with Gasteiger partial charge in [0, 0.05) is 12.8 Å². The lowest BCUT2D eigenvalue weighted by atomic mass is 10.0. The Morgan fingerprint density at radius 3 is 1.47 bits per heavy atom. The number of hydrogen-bond donors (Lipinski definition) is 0. The highest BCUT2D eigenvalue weighted by molar-refractivity contribution is 7.45. The molecule has 0 aromatic carbocycles. The molecule has 9 nitrogen and oxygen atoms in total. The summed E-state index contributed by atoms with van der Waals surface area (Å²) in [6.07, 6.45) is 47.2. The van der Waals surface area contributed by atoms with E-state index in [-0.39, 0.29) is 26.1 Å². The molecule has 338 valence electrons. The number of nitrogens with zero attached hydrogens (tertiary/aromatic N) is 1. The van der Waals surface area contributed by atoms with Crippen LogP contribution in [0.15, 0.2) is 48.6 Å². The van der Waals surface area contributed by atoms with Crippen LogP contribution in [0.3, 0.4) is 0 Å². The molecule has 0 saturated carbocycles. The lowest BCUT2D eigenvalue weighted by Gasteiger charge is -2.28. The third-order valence-corrected chi connectivity index (χ3v) is 10.8. The number of likely N-dealkylation sites (N-methyl/N-ethyl adjacent to an activating group) is 1. The van der Waals surface area contributed by atoms with E-state index < -0.39 is 32.5 Å². The van der Waals surface area contributed by atoms with E-state index in [1.165, 1.54) is 103 Å². The van der Waals surface area contributed by atoms with Gasteiger partial charge < -0.3 is 27.9 Å². The standard InChI is InChI=1S/C48H88NO8P/c1-6-8-10-12-14-16-18-20-22-23-24-25-27-28-30-32-34-36-38-40-47(50)54-44-46(45-56-58(52,53)55-43-42-49(3,4)5)57-48(51)41-39-37-35-33-31-29-26-21-19-17-15-13-11-9-7-2/h9,11,15,17,21,26,31,33,46H,6-8,10,12-14,16,18-20,22-25,27-30,32,34-45H2,1-5H3/b11-9+,17-15+,26-21+,33-31+/t46-/m1/s1. The van der Waals surface area contributed by atoms with Crippen molar-refractivity contribution in [3.05, 3.63) is 48.6 Å². The van der Waals surface area contributed by atoms with Crippen LogP contribution in [-0.2, 0) is 32.7 Å². The van der Waals surface area contributed by atoms with Crippen molar-refractivity contribution in [3.63, 3.8) is 0 Å². The summed E-state index contributed by atoms with van der Waals surface area (Å²) in [5.74, 6) is -0.879. The molecule has 0 rings (SSSR count). The molecule has 0 aromatic rings. The van der Waals surface area contributed by atoms with Gasteiger partial charge in [-0.05, 0) is 51.4 Å². The zero-order chi connectivity index (χ0) is 42.8. The van der Waals surface area contributed by atoms with E-state index in [0.717, 1.165) is 57.8 Å². The number of phosphoric ester groups is 1. The van der Waals surface area contributed by atoms with Gasteiger partial charge in [0.1, 0.15) is 19.8 Å². The maximum absolute atomic E-state index is 12.7. The van der Waals surface area contributed by atoms with Crippen LogP contribution < -0.4 is 4.89 Å². The van der Waals surface area contributed by atoms with Crippen LogP contribution in [0.2, 0.25) is 0 Å². The largest absolute Gasteiger partial charge is 0.756 e. The average molecular weight is 838 g/mol. The van der Waals surface area contributed by atoms with Crippen LogP contribution in [0, 0.1) is 0 Å². The van der Waals surface area contributed by atoms with Gasteiger partial charge in [-0.2, -0.15) is 0 Å². The number of quaternary nitrogens is 1. The minimum atomic E-state index is -4.64. The number of carbonyl (C=O) groups is 2. The molecule has 0 aliphatic carbocycles. The van der Waals surface area contributed by atoms with Crippen molar-refractivity contribution in [2.45, 2.75) is 200 Å². The van der Waals surface area contributed by atoms with Gasteiger partial charge in [0.05, 0.1) is 27.7 Å². The number of carbonyl (C=O) groups excluding carboxylic acids is 2. The molecule has 0 saturated heterocycles. The second-order valence-corrected chi connectivity index (χ2v) is 18.2. The highest BCUT2D eigenvalue weighted by Crippen LogP contribution is 2.38. The minimum absolute atomic E-state index is 0.0393. The summed E-state index contributed by atoms with van der Waals surface area (Å²) >= 11 is 0. The average Bonchev–Trinajstić information content (AvgIpc) is 3.17. The first-order chi connectivity index (χ1) is 28.0. The summed E-state index contributed by atoms with van der Waals surface area (Å²) in [6, 6.07) is 0. The molecule has 0 aromatic heterocycles. The van der Waals surface area contributed by atoms with Crippen LogP contribution >= 0.6 is 7.82 Å². The Kier molecular flexibility index (Phi) is 39.0. The lowest BCUT2D eigenvalue weighted by Crippen LogP contribution is -2.37. The van der Waals surface area contributed by atoms with Gasteiger partial charge in [0.2, 0.25) is 0 Å². The molecule has 0 aliphatic rings. The molecule has 0 amide bonds. The Morgan fingerprint density at radius 2 is 0.983 bits per heavy atom. The van der Waals surface area contributed by atoms with Crippen molar-refractivity contribution in [3.8, 4) is 0 Å². The molecular formula is C48H88NO8P. The number of phosphoric acid groups is 1. The quantitative estimate of drug-likeness (QED) is 0.0196. The van der Waals surface area contributed by atoms with E-state index in [0.29, 0.717) is 17.4 Å². The molecule has 0 fully saturated rings. The van der Waals surface area contributed by atoms with Gasteiger partial charge in [0.15, 0.2) is 6.10 Å². The predicted octanol–water partition coefficient (Wildman–Crippen LogP) is 12.8. The fourth-order valence-electron chi connectivity index (χ4n) is 6.23. The van der Waals surface area contributed by atoms with Gasteiger partial charge in [-0.25, -0.2) is 0 Å². The Hall–Kier alpha value is -2.03. The van der Waals surface area contributed by atoms with E-state index in [9.17, 15) is 19.0 Å². The lowest BCUT2D eigenvalue weighted by molar-refractivity contribution is -0.870. The Bertz CT molecular complexity index is 1130. The van der Waals surface area contributed by atoms with Crippen LogP contribution in [0.4, 0.5) is 0 Å². The summed E-state index contributed by atoms with van der Waals surface area (Å²) in [6.45, 7) is 4.08. The van der Waals surface area contributed by atoms with E-state index in [4.69, 9.17) is 18.5 Å². The first-order valence-electron chi connectivity index (χ1n) is 23.3. The monoisotopic (exact) mass is 838 g/mol. The number of ether oxygens (including phenoxy) is 2. The molecule has 0 spiro atoms. The Morgan fingerprint density at radius 1 is 0.552 bits per heavy atom. The molecule has 2 atom stereocenters. The summed E-state index contributed by atoms with van der Waals surface area (Å²) in [7, 11) is 1.14. The van der Waals surface area contributed by atoms with Crippen molar-refractivity contribution in [1.29, 1.82) is 0 Å². The summed E-state index contributed by atoms with van der Waals surface area (Å²) in [4.78, 5) is 37.6. The number of hydrogen-bond acceptors (Lipinski definition) is 8. The SMILES string of the molecule is CC/C=C/C/C=C/C/C=C/C/C=C/CCCCC(=O)O[C@H](COC(=O)CCCCCCCCCCCCCCCCCCCCC)COP(=O)([O-])OCC[N+](C)(C)C. The van der Waals surface area contributed by atoms with Crippen molar-refractivity contribution < 1.29 is 42.1 Å². The number of esters is 2. The normalized spacial score (nSPS) is 14.0. The third-order valence-electron chi connectivity index (χ3n) is 9.86. The van der Waals surface area contributed by atoms with Gasteiger partial charge in [-0.3, -0.25) is 14.2 Å². The highest BCUT2D eigenvalue weighted by atomic mass is 31.2. The summed E-state index contributed by atoms with van der Waals surface area (Å²) in [5.41, 5.74) is 0. The summed E-state index contributed by atoms with van der Waals surface area (Å²) in [5, 5.41) is 0. The second kappa shape index (κ2) is 40.4. The van der Waals surface area contributed by atoms with Crippen LogP contribution in [0.5, 0.6) is 0 Å². The first kappa shape index (κ1) is 56.0. The van der Waals surface area contributed by atoms with Crippen LogP contribution in [0.1, 0.15) is 194 Å². The van der Waals surface area contributed by atoms with E-state index in [1.807, 2.05) is 21.1 Å². The van der Waals surface area contributed by atoms with Gasteiger partial charge in [0.25, 0.3) is 7.82 Å².